The maximum Gasteiger partial charge on any atom is 0.310 e. The van der Waals surface area contributed by atoms with Crippen molar-refractivity contribution in [1.82, 2.24) is 4.90 Å². The van der Waals surface area contributed by atoms with Crippen LogP contribution in [0.3, 0.4) is 0 Å². The fourth-order valence-corrected chi connectivity index (χ4v) is 2.46. The first-order valence-electron chi connectivity index (χ1n) is 7.16. The average molecular weight is 380 g/mol. The summed E-state index contributed by atoms with van der Waals surface area (Å²) < 4.78 is 11.0. The van der Waals surface area contributed by atoms with E-state index in [0.29, 0.717) is 17.9 Å². The van der Waals surface area contributed by atoms with Crippen LogP contribution >= 0.6 is 15.9 Å². The van der Waals surface area contributed by atoms with E-state index < -0.39 is 5.92 Å². The second-order valence-electron chi connectivity index (χ2n) is 5.20. The quantitative estimate of drug-likeness (QED) is 0.720. The molecule has 1 heterocycles. The summed E-state index contributed by atoms with van der Waals surface area (Å²) in [7, 11) is 1.34. The zero-order chi connectivity index (χ0) is 16.8. The van der Waals surface area contributed by atoms with E-state index in [0.717, 1.165) is 4.47 Å². The molecule has 122 valence electrons. The number of rotatable bonds is 6. The molecule has 2 rings (SSSR count). The van der Waals surface area contributed by atoms with Gasteiger partial charge in [-0.15, -0.1) is 0 Å². The SMILES string of the molecule is COC(=O)C(C)CN(Cc1ccco1)C(=O)c1ccc(Br)cc1. The zero-order valence-electron chi connectivity index (χ0n) is 13.0. The Balaban J connectivity index is 2.19. The van der Waals surface area contributed by atoms with Crippen LogP contribution in [-0.2, 0) is 16.1 Å². The Hall–Kier alpha value is -2.08. The van der Waals surface area contributed by atoms with Crippen LogP contribution in [0.4, 0.5) is 0 Å². The number of furan rings is 1. The Labute approximate surface area is 143 Å². The third-order valence-electron chi connectivity index (χ3n) is 3.40. The molecule has 0 N–H and O–H groups in total. The van der Waals surface area contributed by atoms with Crippen LogP contribution in [0.5, 0.6) is 0 Å². The van der Waals surface area contributed by atoms with Crippen molar-refractivity contribution in [2.24, 2.45) is 5.92 Å². The predicted molar refractivity (Wildman–Crippen MR) is 88.8 cm³/mol. The highest BCUT2D eigenvalue weighted by atomic mass is 79.9. The number of carbonyl (C=O) groups is 2. The van der Waals surface area contributed by atoms with E-state index >= 15 is 0 Å². The van der Waals surface area contributed by atoms with Gasteiger partial charge < -0.3 is 14.1 Å². The lowest BCUT2D eigenvalue weighted by atomic mass is 10.1. The summed E-state index contributed by atoms with van der Waals surface area (Å²) in [5.74, 6) is -0.274. The van der Waals surface area contributed by atoms with Gasteiger partial charge in [-0.1, -0.05) is 22.9 Å². The van der Waals surface area contributed by atoms with Gasteiger partial charge in [-0.3, -0.25) is 9.59 Å². The van der Waals surface area contributed by atoms with E-state index in [-0.39, 0.29) is 18.4 Å². The standard InChI is InChI=1S/C17H18BrNO4/c1-12(17(21)22-2)10-19(11-15-4-3-9-23-15)16(20)13-5-7-14(18)8-6-13/h3-9,12H,10-11H2,1-2H3. The lowest BCUT2D eigenvalue weighted by Gasteiger charge is -2.24. The van der Waals surface area contributed by atoms with Gasteiger partial charge in [0.15, 0.2) is 0 Å². The lowest BCUT2D eigenvalue weighted by molar-refractivity contribution is -0.145. The molecule has 0 spiro atoms. The van der Waals surface area contributed by atoms with Gasteiger partial charge in [-0.05, 0) is 36.4 Å². The minimum atomic E-state index is -0.422. The van der Waals surface area contributed by atoms with Crippen LogP contribution in [0.25, 0.3) is 0 Å². The summed E-state index contributed by atoms with van der Waals surface area (Å²) >= 11 is 3.35. The van der Waals surface area contributed by atoms with Crippen molar-refractivity contribution in [2.45, 2.75) is 13.5 Å². The van der Waals surface area contributed by atoms with Crippen molar-refractivity contribution in [3.63, 3.8) is 0 Å². The Morgan fingerprint density at radius 2 is 1.96 bits per heavy atom. The van der Waals surface area contributed by atoms with Crippen LogP contribution in [0.2, 0.25) is 0 Å². The number of benzene rings is 1. The molecule has 0 aliphatic carbocycles. The molecule has 0 saturated carbocycles. The Kier molecular flexibility index (Phi) is 5.98. The number of nitrogens with zero attached hydrogens (tertiary/aromatic N) is 1. The average Bonchev–Trinajstić information content (AvgIpc) is 3.06. The Morgan fingerprint density at radius 1 is 1.26 bits per heavy atom. The van der Waals surface area contributed by atoms with Crippen LogP contribution in [0.1, 0.15) is 23.0 Å². The molecule has 1 unspecified atom stereocenters. The van der Waals surface area contributed by atoms with Crippen LogP contribution < -0.4 is 0 Å². The second-order valence-corrected chi connectivity index (χ2v) is 6.11. The van der Waals surface area contributed by atoms with E-state index in [9.17, 15) is 9.59 Å². The van der Waals surface area contributed by atoms with Gasteiger partial charge in [0.1, 0.15) is 5.76 Å². The molecule has 0 aliphatic rings. The number of ether oxygens (including phenoxy) is 1. The van der Waals surface area contributed by atoms with Gasteiger partial charge in [-0.25, -0.2) is 0 Å². The first-order chi connectivity index (χ1) is 11.0. The summed E-state index contributed by atoms with van der Waals surface area (Å²) in [5.41, 5.74) is 0.553. The Bertz CT molecular complexity index is 652. The Morgan fingerprint density at radius 3 is 2.52 bits per heavy atom. The van der Waals surface area contributed by atoms with Crippen molar-refractivity contribution in [2.75, 3.05) is 13.7 Å². The zero-order valence-corrected chi connectivity index (χ0v) is 14.6. The molecule has 1 aromatic heterocycles. The van der Waals surface area contributed by atoms with Crippen LogP contribution in [0, 0.1) is 5.92 Å². The number of hydrogen-bond donors (Lipinski definition) is 0. The molecule has 1 amide bonds. The minimum absolute atomic E-state index is 0.162. The third-order valence-corrected chi connectivity index (χ3v) is 3.93. The highest BCUT2D eigenvalue weighted by Gasteiger charge is 2.23. The summed E-state index contributed by atoms with van der Waals surface area (Å²) in [5, 5.41) is 0. The minimum Gasteiger partial charge on any atom is -0.469 e. The maximum absolute atomic E-state index is 12.7. The highest BCUT2D eigenvalue weighted by Crippen LogP contribution is 2.16. The largest absolute Gasteiger partial charge is 0.469 e. The molecule has 0 fully saturated rings. The van der Waals surface area contributed by atoms with E-state index in [1.54, 1.807) is 42.4 Å². The van der Waals surface area contributed by atoms with Gasteiger partial charge >= 0.3 is 5.97 Å². The number of carbonyl (C=O) groups excluding carboxylic acids is 2. The second kappa shape index (κ2) is 7.97. The van der Waals surface area contributed by atoms with Crippen LogP contribution in [-0.4, -0.2) is 30.4 Å². The molecule has 6 heteroatoms. The first kappa shape index (κ1) is 17.3. The van der Waals surface area contributed by atoms with Crippen molar-refractivity contribution >= 4 is 27.8 Å². The predicted octanol–water partition coefficient (Wildman–Crippen LogP) is 3.49. The number of amides is 1. The van der Waals surface area contributed by atoms with Crippen molar-refractivity contribution in [3.8, 4) is 0 Å². The smallest absolute Gasteiger partial charge is 0.310 e. The highest BCUT2D eigenvalue weighted by molar-refractivity contribution is 9.10. The van der Waals surface area contributed by atoms with Gasteiger partial charge in [0, 0.05) is 16.6 Å². The molecule has 0 radical (unpaired) electrons. The van der Waals surface area contributed by atoms with E-state index in [2.05, 4.69) is 15.9 Å². The van der Waals surface area contributed by atoms with Crippen molar-refractivity contribution < 1.29 is 18.7 Å². The summed E-state index contributed by atoms with van der Waals surface area (Å²) in [6.07, 6.45) is 1.56. The molecular formula is C17H18BrNO4. The van der Waals surface area contributed by atoms with Gasteiger partial charge in [0.05, 0.1) is 25.8 Å². The maximum atomic E-state index is 12.7. The molecule has 23 heavy (non-hydrogen) atoms. The molecule has 1 aromatic carbocycles. The van der Waals surface area contributed by atoms with E-state index in [4.69, 9.17) is 9.15 Å². The monoisotopic (exact) mass is 379 g/mol. The van der Waals surface area contributed by atoms with Gasteiger partial charge in [-0.2, -0.15) is 0 Å². The topological polar surface area (TPSA) is 59.8 Å². The number of hydrogen-bond acceptors (Lipinski definition) is 4. The fraction of sp³-hybridized carbons (Fsp3) is 0.294. The molecule has 2 aromatic rings. The summed E-state index contributed by atoms with van der Waals surface area (Å²) in [4.78, 5) is 26.0. The van der Waals surface area contributed by atoms with E-state index in [1.807, 2.05) is 12.1 Å². The lowest BCUT2D eigenvalue weighted by Crippen LogP contribution is -2.36. The fourth-order valence-electron chi connectivity index (χ4n) is 2.19. The molecule has 0 aliphatic heterocycles. The number of methoxy groups -OCH3 is 1. The molecule has 1 atom stereocenters. The van der Waals surface area contributed by atoms with E-state index in [1.165, 1.54) is 7.11 Å². The van der Waals surface area contributed by atoms with Crippen LogP contribution in [0.15, 0.2) is 51.6 Å². The molecule has 0 saturated heterocycles. The third kappa shape index (κ3) is 4.69. The molecule has 0 bridgehead atoms. The summed E-state index contributed by atoms with van der Waals surface area (Å²) in [6.45, 7) is 2.28. The number of halogens is 1. The molecule has 5 nitrogen and oxygen atoms in total. The molecular weight excluding hydrogens is 362 g/mol. The first-order valence-corrected chi connectivity index (χ1v) is 7.95. The van der Waals surface area contributed by atoms with Gasteiger partial charge in [0.2, 0.25) is 0 Å². The normalized spacial score (nSPS) is 11.8. The van der Waals surface area contributed by atoms with Gasteiger partial charge in [0.25, 0.3) is 5.91 Å². The van der Waals surface area contributed by atoms with Crippen molar-refractivity contribution in [1.29, 1.82) is 0 Å². The summed E-state index contributed by atoms with van der Waals surface area (Å²) in [6, 6.07) is 10.7. The van der Waals surface area contributed by atoms with Crippen molar-refractivity contribution in [3.05, 3.63) is 58.5 Å². The number of esters is 1.